The summed E-state index contributed by atoms with van der Waals surface area (Å²) < 4.78 is 43.0. The van der Waals surface area contributed by atoms with Crippen LogP contribution in [0.5, 0.6) is 0 Å². The van der Waals surface area contributed by atoms with E-state index in [2.05, 4.69) is 5.32 Å². The van der Waals surface area contributed by atoms with Gasteiger partial charge in [0, 0.05) is 6.04 Å². The van der Waals surface area contributed by atoms with E-state index in [9.17, 15) is 13.2 Å². The molecule has 0 amide bonds. The van der Waals surface area contributed by atoms with Gasteiger partial charge in [0.05, 0.1) is 19.6 Å². The molecule has 1 aliphatic rings. The van der Waals surface area contributed by atoms with E-state index in [1.165, 1.54) is 17.7 Å². The lowest BCUT2D eigenvalue weighted by Gasteiger charge is -2.21. The summed E-state index contributed by atoms with van der Waals surface area (Å²) in [6.07, 6.45) is -1.09. The normalized spacial score (nSPS) is 16.1. The van der Waals surface area contributed by atoms with Crippen LogP contribution in [-0.2, 0) is 13.1 Å². The van der Waals surface area contributed by atoms with Gasteiger partial charge in [-0.05, 0) is 37.9 Å². The fourth-order valence-corrected chi connectivity index (χ4v) is 2.14. The molecule has 0 saturated heterocycles. The van der Waals surface area contributed by atoms with Gasteiger partial charge >= 0.3 is 6.18 Å². The van der Waals surface area contributed by atoms with Crippen LogP contribution < -0.4 is 5.32 Å². The van der Waals surface area contributed by atoms with Crippen LogP contribution in [0, 0.1) is 0 Å². The third-order valence-electron chi connectivity index (χ3n) is 3.18. The van der Waals surface area contributed by atoms with Crippen molar-refractivity contribution in [2.24, 2.45) is 0 Å². The maximum absolute atomic E-state index is 12.5. The molecule has 1 aromatic rings. The monoisotopic (exact) mass is 290 g/mol. The first-order valence-corrected chi connectivity index (χ1v) is 7.06. The topological polar surface area (TPSA) is 28.4 Å². The Morgan fingerprint density at radius 2 is 2.00 bits per heavy atom. The molecule has 0 bridgehead atoms. The van der Waals surface area contributed by atoms with Gasteiger partial charge in [-0.15, -0.1) is 0 Å². The highest BCUT2D eigenvalue weighted by Gasteiger charge is 2.30. The molecule has 1 aromatic heterocycles. The third-order valence-corrected chi connectivity index (χ3v) is 3.18. The molecule has 20 heavy (non-hydrogen) atoms. The van der Waals surface area contributed by atoms with Crippen LogP contribution in [0.2, 0.25) is 0 Å². The summed E-state index contributed by atoms with van der Waals surface area (Å²) in [5.41, 5.74) is 0. The molecular weight excluding hydrogens is 269 g/mol. The van der Waals surface area contributed by atoms with Crippen LogP contribution in [-0.4, -0.2) is 30.2 Å². The van der Waals surface area contributed by atoms with Crippen molar-refractivity contribution in [1.82, 2.24) is 10.2 Å². The molecule has 1 N–H and O–H groups in total. The molecule has 114 valence electrons. The molecule has 1 fully saturated rings. The van der Waals surface area contributed by atoms with Crippen molar-refractivity contribution >= 4 is 0 Å². The molecule has 6 heteroatoms. The van der Waals surface area contributed by atoms with Crippen LogP contribution in [0.1, 0.15) is 37.7 Å². The Hall–Kier alpha value is -1.01. The Balaban J connectivity index is 1.85. The first-order valence-electron chi connectivity index (χ1n) is 7.06. The van der Waals surface area contributed by atoms with Gasteiger partial charge in [-0.1, -0.05) is 6.92 Å². The second kappa shape index (κ2) is 6.63. The second-order valence-electron chi connectivity index (χ2n) is 5.35. The van der Waals surface area contributed by atoms with Crippen LogP contribution in [0.3, 0.4) is 0 Å². The lowest BCUT2D eigenvalue weighted by Crippen LogP contribution is -2.34. The van der Waals surface area contributed by atoms with Crippen LogP contribution in [0.4, 0.5) is 13.2 Å². The quantitative estimate of drug-likeness (QED) is 0.796. The summed E-state index contributed by atoms with van der Waals surface area (Å²) >= 11 is 0. The van der Waals surface area contributed by atoms with Gasteiger partial charge in [0.15, 0.2) is 0 Å². The summed E-state index contributed by atoms with van der Waals surface area (Å²) in [6.45, 7) is 2.25. The van der Waals surface area contributed by atoms with E-state index in [0.29, 0.717) is 31.3 Å². The van der Waals surface area contributed by atoms with Gasteiger partial charge in [0.25, 0.3) is 0 Å². The van der Waals surface area contributed by atoms with E-state index in [0.717, 1.165) is 5.76 Å². The minimum Gasteiger partial charge on any atom is -0.463 e. The van der Waals surface area contributed by atoms with Gasteiger partial charge < -0.3 is 9.73 Å². The molecule has 1 heterocycles. The summed E-state index contributed by atoms with van der Waals surface area (Å²) in [5.74, 6) is 1.38. The Labute approximate surface area is 117 Å². The van der Waals surface area contributed by atoms with E-state index in [-0.39, 0.29) is 6.54 Å². The molecule has 1 aliphatic carbocycles. The molecule has 0 aliphatic heterocycles. The minimum atomic E-state index is -4.17. The van der Waals surface area contributed by atoms with Gasteiger partial charge in [-0.2, -0.15) is 13.2 Å². The highest BCUT2D eigenvalue weighted by Crippen LogP contribution is 2.21. The zero-order valence-corrected chi connectivity index (χ0v) is 11.7. The molecule has 3 nitrogen and oxygen atoms in total. The highest BCUT2D eigenvalue weighted by molar-refractivity contribution is 5.07. The summed E-state index contributed by atoms with van der Waals surface area (Å²) in [4.78, 5) is 1.37. The average molecular weight is 290 g/mol. The van der Waals surface area contributed by atoms with E-state index in [1.807, 2.05) is 13.0 Å². The van der Waals surface area contributed by atoms with Gasteiger partial charge in [-0.25, -0.2) is 0 Å². The first kappa shape index (κ1) is 15.4. The number of nitrogens with zero attached hydrogens (tertiary/aromatic N) is 1. The Bertz CT molecular complexity index is 413. The van der Waals surface area contributed by atoms with E-state index in [4.69, 9.17) is 4.42 Å². The van der Waals surface area contributed by atoms with E-state index in [1.54, 1.807) is 6.07 Å². The second-order valence-corrected chi connectivity index (χ2v) is 5.35. The van der Waals surface area contributed by atoms with Gasteiger partial charge in [0.1, 0.15) is 11.5 Å². The zero-order chi connectivity index (χ0) is 14.6. The Morgan fingerprint density at radius 1 is 1.30 bits per heavy atom. The number of hydrogen-bond donors (Lipinski definition) is 1. The van der Waals surface area contributed by atoms with Gasteiger partial charge in [0.2, 0.25) is 0 Å². The summed E-state index contributed by atoms with van der Waals surface area (Å²) in [6, 6.07) is 4.19. The van der Waals surface area contributed by atoms with Gasteiger partial charge in [-0.3, -0.25) is 4.90 Å². The predicted molar refractivity (Wildman–Crippen MR) is 70.2 cm³/mol. The highest BCUT2D eigenvalue weighted by atomic mass is 19.4. The van der Waals surface area contributed by atoms with Crippen molar-refractivity contribution in [2.45, 2.75) is 51.5 Å². The fourth-order valence-electron chi connectivity index (χ4n) is 2.14. The standard InChI is InChI=1S/C14H21F3N2O/c1-2-7-19(10-14(15,16)17)9-13-6-5-12(20-13)8-18-11-3-4-11/h5-6,11,18H,2-4,7-10H2,1H3. The fraction of sp³-hybridized carbons (Fsp3) is 0.714. The number of nitrogens with one attached hydrogen (secondary N) is 1. The smallest absolute Gasteiger partial charge is 0.401 e. The largest absolute Gasteiger partial charge is 0.463 e. The SMILES string of the molecule is CCCN(Cc1ccc(CNC2CC2)o1)CC(F)(F)F. The van der Waals surface area contributed by atoms with Crippen LogP contribution in [0.25, 0.3) is 0 Å². The maximum Gasteiger partial charge on any atom is 0.401 e. The van der Waals surface area contributed by atoms with Crippen molar-refractivity contribution in [3.05, 3.63) is 23.7 Å². The number of halogens is 3. The van der Waals surface area contributed by atoms with Crippen LogP contribution >= 0.6 is 0 Å². The first-order chi connectivity index (χ1) is 9.46. The van der Waals surface area contributed by atoms with Crippen molar-refractivity contribution in [3.63, 3.8) is 0 Å². The van der Waals surface area contributed by atoms with Crippen molar-refractivity contribution in [1.29, 1.82) is 0 Å². The molecule has 0 aromatic carbocycles. The molecular formula is C14H21F3N2O. The number of hydrogen-bond acceptors (Lipinski definition) is 3. The third kappa shape index (κ3) is 5.54. The molecule has 2 rings (SSSR count). The van der Waals surface area contributed by atoms with Crippen molar-refractivity contribution < 1.29 is 17.6 Å². The average Bonchev–Trinajstić information content (AvgIpc) is 3.06. The lowest BCUT2D eigenvalue weighted by molar-refractivity contribution is -0.147. The zero-order valence-electron chi connectivity index (χ0n) is 11.7. The Kier molecular flexibility index (Phi) is 5.10. The number of furan rings is 1. The molecule has 1 saturated carbocycles. The number of alkyl halides is 3. The van der Waals surface area contributed by atoms with Crippen LogP contribution in [0.15, 0.2) is 16.5 Å². The molecule has 0 radical (unpaired) electrons. The van der Waals surface area contributed by atoms with Crippen molar-refractivity contribution in [2.75, 3.05) is 13.1 Å². The number of rotatable bonds is 8. The predicted octanol–water partition coefficient (Wildman–Crippen LogP) is 3.31. The molecule has 0 spiro atoms. The minimum absolute atomic E-state index is 0.205. The summed E-state index contributed by atoms with van der Waals surface area (Å²) in [5, 5.41) is 3.32. The maximum atomic E-state index is 12.5. The van der Waals surface area contributed by atoms with E-state index >= 15 is 0 Å². The summed E-state index contributed by atoms with van der Waals surface area (Å²) in [7, 11) is 0. The van der Waals surface area contributed by atoms with Crippen molar-refractivity contribution in [3.8, 4) is 0 Å². The molecule has 0 unspecified atom stereocenters. The van der Waals surface area contributed by atoms with E-state index < -0.39 is 12.7 Å². The Morgan fingerprint density at radius 3 is 2.60 bits per heavy atom. The molecule has 0 atom stereocenters. The lowest BCUT2D eigenvalue weighted by atomic mass is 10.3.